The Kier molecular flexibility index (Phi) is 8.91. The number of hydrogen-bond donors (Lipinski definition) is 0. The van der Waals surface area contributed by atoms with Gasteiger partial charge in [0.2, 0.25) is 0 Å². The second-order valence-electron chi connectivity index (χ2n) is 4.17. The van der Waals surface area contributed by atoms with E-state index in [1.807, 2.05) is 13.8 Å². The minimum absolute atomic E-state index is 0.0938. The molecular weight excluding hydrogens is 293 g/mol. The molecule has 5 heteroatoms. The first-order chi connectivity index (χ1) is 10.4. The zero-order valence-corrected chi connectivity index (χ0v) is 13.1. The van der Waals surface area contributed by atoms with Gasteiger partial charge in [0.05, 0.1) is 5.56 Å². The molecule has 22 heavy (non-hydrogen) atoms. The van der Waals surface area contributed by atoms with Crippen LogP contribution in [0.1, 0.15) is 33.3 Å². The fourth-order valence-corrected chi connectivity index (χ4v) is 1.35. The molecule has 0 N–H and O–H groups in total. The first-order valence-corrected chi connectivity index (χ1v) is 7.01. The van der Waals surface area contributed by atoms with E-state index in [4.69, 9.17) is 4.74 Å². The number of rotatable bonds is 5. The van der Waals surface area contributed by atoms with Crippen LogP contribution in [0, 0.1) is 5.92 Å². The second-order valence-corrected chi connectivity index (χ2v) is 4.17. The topological polar surface area (TPSA) is 26.3 Å². The highest BCUT2D eigenvalue weighted by Crippen LogP contribution is 2.31. The van der Waals surface area contributed by atoms with Crippen molar-refractivity contribution in [2.24, 2.45) is 5.92 Å². The highest BCUT2D eigenvalue weighted by molar-refractivity contribution is 5.56. The van der Waals surface area contributed by atoms with Crippen molar-refractivity contribution in [1.29, 1.82) is 0 Å². The lowest BCUT2D eigenvalue weighted by Gasteiger charge is -2.10. The number of carbonyl (C=O) groups is 1. The van der Waals surface area contributed by atoms with Gasteiger partial charge in [0, 0.05) is 5.92 Å². The Labute approximate surface area is 129 Å². The van der Waals surface area contributed by atoms with E-state index in [1.54, 1.807) is 32.1 Å². The predicted octanol–water partition coefficient (Wildman–Crippen LogP) is 5.41. The quantitative estimate of drug-likeness (QED) is 0.413. The van der Waals surface area contributed by atoms with Crippen molar-refractivity contribution >= 4 is 6.29 Å². The SMILES string of the molecule is C/C=C(\C=C/C(C)C=O)Oc1cccc(C(F)(F)F)c1.CC. The average molecular weight is 314 g/mol. The molecule has 0 heterocycles. The Morgan fingerprint density at radius 1 is 1.27 bits per heavy atom. The maximum Gasteiger partial charge on any atom is 0.416 e. The minimum atomic E-state index is -4.41. The normalized spacial score (nSPS) is 13.3. The molecule has 0 saturated heterocycles. The number of alkyl halides is 3. The predicted molar refractivity (Wildman–Crippen MR) is 81.5 cm³/mol. The zero-order chi connectivity index (χ0) is 17.2. The van der Waals surface area contributed by atoms with E-state index in [0.29, 0.717) is 5.76 Å². The molecule has 0 spiro atoms. The van der Waals surface area contributed by atoms with E-state index in [-0.39, 0.29) is 11.7 Å². The highest BCUT2D eigenvalue weighted by Gasteiger charge is 2.30. The van der Waals surface area contributed by atoms with Crippen molar-refractivity contribution in [3.63, 3.8) is 0 Å². The number of halogens is 3. The maximum absolute atomic E-state index is 12.6. The van der Waals surface area contributed by atoms with Gasteiger partial charge in [0.25, 0.3) is 0 Å². The largest absolute Gasteiger partial charge is 0.458 e. The van der Waals surface area contributed by atoms with Gasteiger partial charge in [-0.2, -0.15) is 13.2 Å². The molecule has 0 aliphatic rings. The lowest BCUT2D eigenvalue weighted by atomic mass is 10.2. The van der Waals surface area contributed by atoms with Gasteiger partial charge in [-0.3, -0.25) is 0 Å². The van der Waals surface area contributed by atoms with Crippen LogP contribution in [0.5, 0.6) is 5.75 Å². The van der Waals surface area contributed by atoms with Gasteiger partial charge >= 0.3 is 6.18 Å². The van der Waals surface area contributed by atoms with Crippen LogP contribution >= 0.6 is 0 Å². The van der Waals surface area contributed by atoms with Crippen molar-refractivity contribution < 1.29 is 22.7 Å². The van der Waals surface area contributed by atoms with E-state index in [0.717, 1.165) is 18.4 Å². The molecule has 0 fully saturated rings. The molecule has 122 valence electrons. The lowest BCUT2D eigenvalue weighted by molar-refractivity contribution is -0.137. The number of allylic oxidation sites excluding steroid dienone is 3. The first kappa shape index (κ1) is 20.0. The summed E-state index contributed by atoms with van der Waals surface area (Å²) in [6.45, 7) is 7.39. The zero-order valence-electron chi connectivity index (χ0n) is 13.1. The van der Waals surface area contributed by atoms with Crippen LogP contribution in [0.3, 0.4) is 0 Å². The van der Waals surface area contributed by atoms with Crippen molar-refractivity contribution in [2.75, 3.05) is 0 Å². The van der Waals surface area contributed by atoms with Gasteiger partial charge < -0.3 is 9.53 Å². The summed E-state index contributed by atoms with van der Waals surface area (Å²) in [7, 11) is 0. The van der Waals surface area contributed by atoms with Crippen LogP contribution in [-0.4, -0.2) is 6.29 Å². The number of aldehydes is 1. The molecule has 1 rings (SSSR count). The van der Waals surface area contributed by atoms with Crippen LogP contribution in [0.4, 0.5) is 13.2 Å². The Balaban J connectivity index is 0.00000211. The number of carbonyl (C=O) groups excluding carboxylic acids is 1. The summed E-state index contributed by atoms with van der Waals surface area (Å²) < 4.78 is 43.0. The molecule has 0 aliphatic heterocycles. The maximum atomic E-state index is 12.6. The summed E-state index contributed by atoms with van der Waals surface area (Å²) >= 11 is 0. The van der Waals surface area contributed by atoms with Crippen LogP contribution < -0.4 is 4.74 Å². The van der Waals surface area contributed by atoms with Crippen LogP contribution in [-0.2, 0) is 11.0 Å². The van der Waals surface area contributed by atoms with Gasteiger partial charge in [-0.1, -0.05) is 32.9 Å². The molecular formula is C17H21F3O2. The third-order valence-electron chi connectivity index (χ3n) is 2.46. The van der Waals surface area contributed by atoms with E-state index >= 15 is 0 Å². The van der Waals surface area contributed by atoms with Gasteiger partial charge in [-0.15, -0.1) is 0 Å². The Morgan fingerprint density at radius 3 is 2.41 bits per heavy atom. The molecule has 0 aliphatic carbocycles. The summed E-state index contributed by atoms with van der Waals surface area (Å²) in [5.74, 6) is 0.185. The van der Waals surface area contributed by atoms with Gasteiger partial charge in [-0.05, 0) is 37.3 Å². The molecule has 1 aromatic rings. The molecule has 0 radical (unpaired) electrons. The summed E-state index contributed by atoms with van der Waals surface area (Å²) in [6, 6.07) is 4.63. The standard InChI is InChI=1S/C15H15F3O2.C2H6/c1-3-13(8-7-11(2)10-19)20-14-6-4-5-12(9-14)15(16,17)18;1-2/h3-11H,1-2H3;1-2H3/b8-7-,13-3+;. The summed E-state index contributed by atoms with van der Waals surface area (Å²) in [5.41, 5.74) is -0.768. The molecule has 2 nitrogen and oxygen atoms in total. The van der Waals surface area contributed by atoms with Crippen molar-refractivity contribution in [3.8, 4) is 5.75 Å². The molecule has 1 atom stereocenters. The molecule has 1 aromatic carbocycles. The molecule has 0 saturated carbocycles. The second kappa shape index (κ2) is 9.82. The number of benzene rings is 1. The Morgan fingerprint density at radius 2 is 1.91 bits per heavy atom. The first-order valence-electron chi connectivity index (χ1n) is 7.01. The third kappa shape index (κ3) is 7.11. The van der Waals surface area contributed by atoms with Crippen LogP contribution in [0.25, 0.3) is 0 Å². The van der Waals surface area contributed by atoms with E-state index < -0.39 is 11.7 Å². The van der Waals surface area contributed by atoms with Gasteiger partial charge in [0.15, 0.2) is 0 Å². The third-order valence-corrected chi connectivity index (χ3v) is 2.46. The van der Waals surface area contributed by atoms with Gasteiger partial charge in [-0.25, -0.2) is 0 Å². The monoisotopic (exact) mass is 314 g/mol. The fraction of sp³-hybridized carbons (Fsp3) is 0.353. The van der Waals surface area contributed by atoms with Crippen molar-refractivity contribution in [3.05, 3.63) is 53.8 Å². The van der Waals surface area contributed by atoms with Crippen LogP contribution in [0.2, 0.25) is 0 Å². The van der Waals surface area contributed by atoms with E-state index in [1.165, 1.54) is 12.1 Å². The number of hydrogen-bond acceptors (Lipinski definition) is 2. The summed E-state index contributed by atoms with van der Waals surface area (Å²) in [4.78, 5) is 10.5. The molecule has 0 aromatic heterocycles. The summed E-state index contributed by atoms with van der Waals surface area (Å²) in [5, 5.41) is 0. The van der Waals surface area contributed by atoms with E-state index in [2.05, 4.69) is 0 Å². The van der Waals surface area contributed by atoms with Crippen LogP contribution in [0.15, 0.2) is 48.3 Å². The molecule has 0 amide bonds. The highest BCUT2D eigenvalue weighted by atomic mass is 19.4. The smallest absolute Gasteiger partial charge is 0.416 e. The fourth-order valence-electron chi connectivity index (χ4n) is 1.35. The minimum Gasteiger partial charge on any atom is -0.458 e. The Bertz CT molecular complexity index is 517. The van der Waals surface area contributed by atoms with Crippen molar-refractivity contribution in [2.45, 2.75) is 33.9 Å². The van der Waals surface area contributed by atoms with Gasteiger partial charge in [0.1, 0.15) is 17.8 Å². The van der Waals surface area contributed by atoms with Crippen molar-refractivity contribution in [1.82, 2.24) is 0 Å². The Hall–Kier alpha value is -2.04. The number of ether oxygens (including phenoxy) is 1. The molecule has 1 unspecified atom stereocenters. The molecule has 0 bridgehead atoms. The lowest BCUT2D eigenvalue weighted by Crippen LogP contribution is -2.05. The van der Waals surface area contributed by atoms with E-state index in [9.17, 15) is 18.0 Å². The summed E-state index contributed by atoms with van der Waals surface area (Å²) in [6.07, 6.45) is 1.12. The average Bonchev–Trinajstić information content (AvgIpc) is 2.52.